The van der Waals surface area contributed by atoms with Crippen molar-refractivity contribution in [3.63, 3.8) is 0 Å². The van der Waals surface area contributed by atoms with Crippen LogP contribution in [0, 0.1) is 0 Å². The number of piperazine rings is 1. The van der Waals surface area contributed by atoms with Crippen molar-refractivity contribution < 1.29 is 19.5 Å². The minimum atomic E-state index is -0.973. The van der Waals surface area contributed by atoms with Gasteiger partial charge in [0, 0.05) is 43.6 Å². The van der Waals surface area contributed by atoms with Crippen molar-refractivity contribution in [1.29, 1.82) is 0 Å². The fraction of sp³-hybridized carbons (Fsp3) is 0.225. The lowest BCUT2D eigenvalue weighted by Gasteiger charge is -2.40. The number of carbonyl (C=O) groups is 3. The van der Waals surface area contributed by atoms with Crippen LogP contribution in [0.4, 0.5) is 10.5 Å². The smallest absolute Gasteiger partial charge is 0.407 e. The lowest BCUT2D eigenvalue weighted by atomic mass is 10.00. The van der Waals surface area contributed by atoms with E-state index in [0.717, 1.165) is 47.5 Å². The molecular formula is C40H40N4O4. The molecule has 8 nitrogen and oxygen atoms in total. The molecule has 48 heavy (non-hydrogen) atoms. The maximum absolute atomic E-state index is 14.4. The Labute approximate surface area is 281 Å². The Morgan fingerprint density at radius 3 is 2.04 bits per heavy atom. The summed E-state index contributed by atoms with van der Waals surface area (Å²) in [5, 5.41) is 12.8. The second-order valence-electron chi connectivity index (χ2n) is 12.2. The molecule has 1 atom stereocenters. The minimum absolute atomic E-state index is 0.0114. The van der Waals surface area contributed by atoms with Gasteiger partial charge < -0.3 is 24.8 Å². The van der Waals surface area contributed by atoms with Crippen LogP contribution in [0.5, 0.6) is 0 Å². The standard InChI is InChI=1S/C40H40N4O4/c45-37(19-11-10-14-30-12-4-1-5-13-30)41-33-20-22-34(23-21-33)43-25-24-36(38(43)32-17-8-3-9-18-32)39(46)44-27-26-42(40(47)48)29-35(44)28-31-15-6-2-7-16-31/h1-9,12-13,15-18,20-25,35H,10-11,14,19,26-29H2,(H,41,45)(H,47,48). The Morgan fingerprint density at radius 2 is 1.38 bits per heavy atom. The SMILES string of the molecule is O=C(CCCCc1ccccc1)Nc1ccc(-n2ccc(C(=O)N3CCN(C(=O)O)CC3Cc3ccccc3)c2-c2ccccc2)cc1. The summed E-state index contributed by atoms with van der Waals surface area (Å²) in [7, 11) is 0. The third-order valence-corrected chi connectivity index (χ3v) is 8.88. The van der Waals surface area contributed by atoms with Crippen LogP contribution in [-0.2, 0) is 17.6 Å². The van der Waals surface area contributed by atoms with Crippen molar-refractivity contribution >= 4 is 23.6 Å². The summed E-state index contributed by atoms with van der Waals surface area (Å²) in [5.74, 6) is -0.141. The third-order valence-electron chi connectivity index (χ3n) is 8.88. The van der Waals surface area contributed by atoms with Crippen molar-refractivity contribution in [2.75, 3.05) is 25.0 Å². The number of rotatable bonds is 11. The highest BCUT2D eigenvalue weighted by atomic mass is 16.4. The molecule has 2 heterocycles. The molecule has 1 fully saturated rings. The third kappa shape index (κ3) is 7.83. The van der Waals surface area contributed by atoms with Crippen LogP contribution >= 0.6 is 0 Å². The summed E-state index contributed by atoms with van der Waals surface area (Å²) < 4.78 is 2.00. The van der Waals surface area contributed by atoms with Crippen molar-refractivity contribution in [1.82, 2.24) is 14.4 Å². The first-order valence-electron chi connectivity index (χ1n) is 16.5. The van der Waals surface area contributed by atoms with E-state index in [1.165, 1.54) is 10.5 Å². The lowest BCUT2D eigenvalue weighted by Crippen LogP contribution is -2.57. The van der Waals surface area contributed by atoms with E-state index in [2.05, 4.69) is 17.4 Å². The number of nitrogens with one attached hydrogen (secondary N) is 1. The molecule has 1 aliphatic rings. The van der Waals surface area contributed by atoms with Gasteiger partial charge in [-0.25, -0.2) is 4.79 Å². The van der Waals surface area contributed by atoms with Crippen molar-refractivity contribution in [3.05, 3.63) is 144 Å². The number of carbonyl (C=O) groups excluding carboxylic acids is 2. The van der Waals surface area contributed by atoms with Crippen LogP contribution in [0.15, 0.2) is 128 Å². The van der Waals surface area contributed by atoms with E-state index in [1.54, 1.807) is 0 Å². The Morgan fingerprint density at radius 1 is 0.729 bits per heavy atom. The number of amides is 3. The molecule has 1 aliphatic heterocycles. The number of nitrogens with zero attached hydrogens (tertiary/aromatic N) is 3. The summed E-state index contributed by atoms with van der Waals surface area (Å²) >= 11 is 0. The molecule has 1 aromatic heterocycles. The maximum Gasteiger partial charge on any atom is 0.407 e. The van der Waals surface area contributed by atoms with Gasteiger partial charge in [-0.1, -0.05) is 91.0 Å². The number of anilines is 1. The second kappa shape index (κ2) is 15.3. The van der Waals surface area contributed by atoms with Crippen molar-refractivity contribution in [2.45, 2.75) is 38.1 Å². The van der Waals surface area contributed by atoms with E-state index in [0.29, 0.717) is 24.9 Å². The molecule has 2 N–H and O–H groups in total. The predicted molar refractivity (Wildman–Crippen MR) is 188 cm³/mol. The van der Waals surface area contributed by atoms with E-state index in [4.69, 9.17) is 0 Å². The predicted octanol–water partition coefficient (Wildman–Crippen LogP) is 7.54. The van der Waals surface area contributed by atoms with Gasteiger partial charge in [0.2, 0.25) is 5.91 Å². The van der Waals surface area contributed by atoms with Gasteiger partial charge in [-0.15, -0.1) is 0 Å². The van der Waals surface area contributed by atoms with Crippen LogP contribution in [0.1, 0.15) is 40.7 Å². The summed E-state index contributed by atoms with van der Waals surface area (Å²) in [6.07, 6.45) is 4.67. The first-order chi connectivity index (χ1) is 23.5. The summed E-state index contributed by atoms with van der Waals surface area (Å²) in [5.41, 5.74) is 6.11. The van der Waals surface area contributed by atoms with Gasteiger partial charge in [0.15, 0.2) is 0 Å². The molecule has 6 rings (SSSR count). The molecule has 8 heteroatoms. The van der Waals surface area contributed by atoms with E-state index < -0.39 is 6.09 Å². The lowest BCUT2D eigenvalue weighted by molar-refractivity contribution is -0.116. The maximum atomic E-state index is 14.4. The topological polar surface area (TPSA) is 94.9 Å². The zero-order valence-corrected chi connectivity index (χ0v) is 26.9. The van der Waals surface area contributed by atoms with Crippen LogP contribution in [0.2, 0.25) is 0 Å². The molecule has 244 valence electrons. The molecule has 5 aromatic rings. The van der Waals surface area contributed by atoms with Crippen LogP contribution in [-0.4, -0.2) is 63.1 Å². The minimum Gasteiger partial charge on any atom is -0.465 e. The van der Waals surface area contributed by atoms with Gasteiger partial charge in [-0.3, -0.25) is 9.59 Å². The van der Waals surface area contributed by atoms with Crippen LogP contribution in [0.3, 0.4) is 0 Å². The molecule has 4 aromatic carbocycles. The second-order valence-corrected chi connectivity index (χ2v) is 12.2. The molecule has 0 radical (unpaired) electrons. The molecule has 0 saturated carbocycles. The van der Waals surface area contributed by atoms with Gasteiger partial charge in [0.05, 0.1) is 17.3 Å². The van der Waals surface area contributed by atoms with Crippen molar-refractivity contribution in [3.8, 4) is 16.9 Å². The molecule has 1 saturated heterocycles. The largest absolute Gasteiger partial charge is 0.465 e. The molecule has 0 spiro atoms. The first-order valence-corrected chi connectivity index (χ1v) is 16.5. The number of aromatic nitrogens is 1. The number of hydrogen-bond acceptors (Lipinski definition) is 3. The molecule has 0 aliphatic carbocycles. The molecule has 0 bridgehead atoms. The Hall–Kier alpha value is -5.63. The molecule has 1 unspecified atom stereocenters. The number of aryl methyl sites for hydroxylation is 1. The average Bonchev–Trinajstić information content (AvgIpc) is 3.57. The molecule has 3 amide bonds. The van der Waals surface area contributed by atoms with Crippen molar-refractivity contribution in [2.24, 2.45) is 0 Å². The number of unbranched alkanes of at least 4 members (excludes halogenated alkanes) is 1. The van der Waals surface area contributed by atoms with E-state index in [-0.39, 0.29) is 30.9 Å². The number of hydrogen-bond donors (Lipinski definition) is 2. The Kier molecular flexibility index (Phi) is 10.3. The summed E-state index contributed by atoms with van der Waals surface area (Å²) in [4.78, 5) is 42.1. The highest BCUT2D eigenvalue weighted by molar-refractivity contribution is 6.01. The monoisotopic (exact) mass is 640 g/mol. The number of benzene rings is 4. The van der Waals surface area contributed by atoms with Crippen LogP contribution in [0.25, 0.3) is 16.9 Å². The normalized spacial score (nSPS) is 14.5. The Bertz CT molecular complexity index is 1820. The molecular weight excluding hydrogens is 600 g/mol. The quantitative estimate of drug-likeness (QED) is 0.146. The first kappa shape index (κ1) is 32.3. The summed E-state index contributed by atoms with van der Waals surface area (Å²) in [6, 6.07) is 39.2. The van der Waals surface area contributed by atoms with Gasteiger partial charge in [0.1, 0.15) is 0 Å². The number of carboxylic acid groups (broad SMARTS) is 1. The average molecular weight is 641 g/mol. The fourth-order valence-electron chi connectivity index (χ4n) is 6.41. The summed E-state index contributed by atoms with van der Waals surface area (Å²) in [6.45, 7) is 0.814. The van der Waals surface area contributed by atoms with Gasteiger partial charge in [-0.2, -0.15) is 0 Å². The van der Waals surface area contributed by atoms with Crippen LogP contribution < -0.4 is 5.32 Å². The van der Waals surface area contributed by atoms with E-state index in [9.17, 15) is 19.5 Å². The van der Waals surface area contributed by atoms with Gasteiger partial charge in [-0.05, 0) is 72.7 Å². The highest BCUT2D eigenvalue weighted by Crippen LogP contribution is 2.31. The van der Waals surface area contributed by atoms with Gasteiger partial charge >= 0.3 is 6.09 Å². The zero-order chi connectivity index (χ0) is 33.3. The Balaban J connectivity index is 1.20. The van der Waals surface area contributed by atoms with E-state index >= 15 is 0 Å². The zero-order valence-electron chi connectivity index (χ0n) is 26.9. The van der Waals surface area contributed by atoms with Gasteiger partial charge in [0.25, 0.3) is 5.91 Å². The van der Waals surface area contributed by atoms with E-state index in [1.807, 2.05) is 125 Å². The fourth-order valence-corrected chi connectivity index (χ4v) is 6.41. The highest BCUT2D eigenvalue weighted by Gasteiger charge is 2.34.